The third kappa shape index (κ3) is 4.44. The number of amides is 2. The number of benzene rings is 2. The lowest BCUT2D eigenvalue weighted by Gasteiger charge is -2.11. The van der Waals surface area contributed by atoms with Crippen LogP contribution in [0.2, 0.25) is 0 Å². The number of ether oxygens (including phenoxy) is 2. The Kier molecular flexibility index (Phi) is 5.87. The Hall–Kier alpha value is -3.02. The van der Waals surface area contributed by atoms with E-state index in [9.17, 15) is 9.59 Å². The molecule has 2 unspecified atom stereocenters. The molecule has 2 N–H and O–H groups in total. The van der Waals surface area contributed by atoms with Crippen molar-refractivity contribution in [2.24, 2.45) is 11.8 Å². The number of nitrogens with one attached hydrogen (secondary N) is 2. The van der Waals surface area contributed by atoms with Gasteiger partial charge in [-0.2, -0.15) is 0 Å². The average molecular weight is 382 g/mol. The highest BCUT2D eigenvalue weighted by molar-refractivity contribution is 5.99. The summed E-state index contributed by atoms with van der Waals surface area (Å²) in [4.78, 5) is 24.8. The van der Waals surface area contributed by atoms with Gasteiger partial charge >= 0.3 is 0 Å². The van der Waals surface area contributed by atoms with Gasteiger partial charge in [0.2, 0.25) is 11.8 Å². The van der Waals surface area contributed by atoms with Gasteiger partial charge in [-0.1, -0.05) is 23.8 Å². The first-order chi connectivity index (χ1) is 13.4. The normalized spacial score (nSPS) is 17.6. The van der Waals surface area contributed by atoms with Gasteiger partial charge in [0.15, 0.2) is 11.5 Å². The van der Waals surface area contributed by atoms with Gasteiger partial charge in [-0.3, -0.25) is 9.59 Å². The molecule has 0 spiro atoms. The Morgan fingerprint density at radius 3 is 2.36 bits per heavy atom. The minimum atomic E-state index is -0.272. The molecular formula is C22H26N2O4. The maximum absolute atomic E-state index is 12.4. The predicted octanol–water partition coefficient (Wildman–Crippen LogP) is 3.21. The molecule has 2 aromatic carbocycles. The van der Waals surface area contributed by atoms with E-state index in [1.165, 1.54) is 0 Å². The Labute approximate surface area is 165 Å². The SMILES string of the molecule is COc1ccc(CNC(=O)C2CC2C(=O)Nc2ccc(C)cc2C)cc1OC. The Morgan fingerprint density at radius 1 is 0.964 bits per heavy atom. The molecule has 2 aromatic rings. The van der Waals surface area contributed by atoms with Crippen molar-refractivity contribution in [2.45, 2.75) is 26.8 Å². The first-order valence-electron chi connectivity index (χ1n) is 9.29. The van der Waals surface area contributed by atoms with Gasteiger partial charge in [0.25, 0.3) is 0 Å². The number of rotatable bonds is 7. The van der Waals surface area contributed by atoms with Crippen molar-refractivity contribution in [3.05, 3.63) is 53.1 Å². The fourth-order valence-electron chi connectivity index (χ4n) is 3.26. The first-order valence-corrected chi connectivity index (χ1v) is 9.29. The molecule has 0 aromatic heterocycles. The van der Waals surface area contributed by atoms with Crippen LogP contribution < -0.4 is 20.1 Å². The minimum absolute atomic E-state index is 0.0989. The Bertz CT molecular complexity index is 894. The van der Waals surface area contributed by atoms with Crippen molar-refractivity contribution >= 4 is 17.5 Å². The fourth-order valence-corrected chi connectivity index (χ4v) is 3.26. The van der Waals surface area contributed by atoms with Gasteiger partial charge in [-0.05, 0) is 49.6 Å². The lowest BCUT2D eigenvalue weighted by Crippen LogP contribution is -2.27. The maximum atomic E-state index is 12.4. The second-order valence-electron chi connectivity index (χ2n) is 7.16. The lowest BCUT2D eigenvalue weighted by molar-refractivity contribution is -0.125. The van der Waals surface area contributed by atoms with Crippen molar-refractivity contribution in [3.8, 4) is 11.5 Å². The molecule has 0 aliphatic heterocycles. The van der Waals surface area contributed by atoms with Crippen LogP contribution in [0, 0.1) is 25.7 Å². The van der Waals surface area contributed by atoms with E-state index in [0.29, 0.717) is 24.5 Å². The number of hydrogen-bond acceptors (Lipinski definition) is 4. The molecule has 2 amide bonds. The van der Waals surface area contributed by atoms with Crippen molar-refractivity contribution in [1.82, 2.24) is 5.32 Å². The molecule has 1 fully saturated rings. The molecule has 148 valence electrons. The molecule has 0 saturated heterocycles. The summed E-state index contributed by atoms with van der Waals surface area (Å²) in [5.74, 6) is 0.514. The third-order valence-electron chi connectivity index (χ3n) is 5.02. The van der Waals surface area contributed by atoms with Gasteiger partial charge in [0, 0.05) is 12.2 Å². The highest BCUT2D eigenvalue weighted by Gasteiger charge is 2.47. The largest absolute Gasteiger partial charge is 0.493 e. The third-order valence-corrected chi connectivity index (χ3v) is 5.02. The first kappa shape index (κ1) is 19.7. The van der Waals surface area contributed by atoms with Crippen LogP contribution in [0.25, 0.3) is 0 Å². The molecule has 28 heavy (non-hydrogen) atoms. The molecule has 0 heterocycles. The molecule has 6 nitrogen and oxygen atoms in total. The summed E-state index contributed by atoms with van der Waals surface area (Å²) in [7, 11) is 3.15. The van der Waals surface area contributed by atoms with E-state index in [4.69, 9.17) is 9.47 Å². The van der Waals surface area contributed by atoms with E-state index in [1.807, 2.05) is 44.2 Å². The summed E-state index contributed by atoms with van der Waals surface area (Å²) in [5.41, 5.74) is 3.87. The molecular weight excluding hydrogens is 356 g/mol. The topological polar surface area (TPSA) is 76.7 Å². The summed E-state index contributed by atoms with van der Waals surface area (Å²) in [5, 5.41) is 5.84. The second-order valence-corrected chi connectivity index (χ2v) is 7.16. The van der Waals surface area contributed by atoms with Gasteiger partial charge < -0.3 is 20.1 Å². The van der Waals surface area contributed by atoms with Crippen molar-refractivity contribution in [2.75, 3.05) is 19.5 Å². The van der Waals surface area contributed by atoms with E-state index < -0.39 is 0 Å². The molecule has 1 saturated carbocycles. The summed E-state index contributed by atoms with van der Waals surface area (Å²) >= 11 is 0. The summed E-state index contributed by atoms with van der Waals surface area (Å²) in [6.07, 6.45) is 0.578. The summed E-state index contributed by atoms with van der Waals surface area (Å²) in [6.45, 7) is 4.35. The van der Waals surface area contributed by atoms with Crippen LogP contribution in [-0.2, 0) is 16.1 Å². The predicted molar refractivity (Wildman–Crippen MR) is 108 cm³/mol. The Balaban J connectivity index is 1.52. The number of aryl methyl sites for hydroxylation is 2. The summed E-state index contributed by atoms with van der Waals surface area (Å²) in [6, 6.07) is 11.4. The maximum Gasteiger partial charge on any atom is 0.228 e. The molecule has 1 aliphatic rings. The van der Waals surface area contributed by atoms with Gasteiger partial charge in [0.1, 0.15) is 0 Å². The van der Waals surface area contributed by atoms with Crippen LogP contribution in [0.15, 0.2) is 36.4 Å². The highest BCUT2D eigenvalue weighted by Crippen LogP contribution is 2.40. The van der Waals surface area contributed by atoms with E-state index in [0.717, 1.165) is 22.4 Å². The van der Waals surface area contributed by atoms with Gasteiger partial charge in [-0.25, -0.2) is 0 Å². The highest BCUT2D eigenvalue weighted by atomic mass is 16.5. The number of carbonyl (C=O) groups excluding carboxylic acids is 2. The fraction of sp³-hybridized carbons (Fsp3) is 0.364. The number of carbonyl (C=O) groups is 2. The van der Waals surface area contributed by atoms with E-state index >= 15 is 0 Å². The summed E-state index contributed by atoms with van der Waals surface area (Å²) < 4.78 is 10.5. The zero-order chi connectivity index (χ0) is 20.3. The molecule has 0 radical (unpaired) electrons. The monoisotopic (exact) mass is 382 g/mol. The van der Waals surface area contributed by atoms with Crippen LogP contribution >= 0.6 is 0 Å². The lowest BCUT2D eigenvalue weighted by atomic mass is 10.1. The standard InChI is InChI=1S/C22H26N2O4/c1-13-5-7-18(14(2)9-13)24-22(26)17-11-16(17)21(25)23-12-15-6-8-19(27-3)20(10-15)28-4/h5-10,16-17H,11-12H2,1-4H3,(H,23,25)(H,24,26). The molecule has 3 rings (SSSR count). The Morgan fingerprint density at radius 2 is 1.68 bits per heavy atom. The van der Waals surface area contributed by atoms with Crippen LogP contribution in [0.5, 0.6) is 11.5 Å². The molecule has 1 aliphatic carbocycles. The van der Waals surface area contributed by atoms with Crippen molar-refractivity contribution in [3.63, 3.8) is 0 Å². The van der Waals surface area contributed by atoms with Crippen LogP contribution in [-0.4, -0.2) is 26.0 Å². The second kappa shape index (κ2) is 8.33. The zero-order valence-electron chi connectivity index (χ0n) is 16.7. The zero-order valence-corrected chi connectivity index (χ0v) is 16.7. The van der Waals surface area contributed by atoms with E-state index in [2.05, 4.69) is 10.6 Å². The molecule has 6 heteroatoms. The number of anilines is 1. The van der Waals surface area contributed by atoms with Gasteiger partial charge in [0.05, 0.1) is 26.1 Å². The molecule has 0 bridgehead atoms. The number of hydrogen-bond donors (Lipinski definition) is 2. The van der Waals surface area contributed by atoms with Crippen LogP contribution in [0.4, 0.5) is 5.69 Å². The smallest absolute Gasteiger partial charge is 0.228 e. The van der Waals surface area contributed by atoms with Crippen molar-refractivity contribution < 1.29 is 19.1 Å². The molecule has 2 atom stereocenters. The quantitative estimate of drug-likeness (QED) is 0.771. The van der Waals surface area contributed by atoms with E-state index in [-0.39, 0.29) is 23.7 Å². The van der Waals surface area contributed by atoms with Crippen molar-refractivity contribution in [1.29, 1.82) is 0 Å². The van der Waals surface area contributed by atoms with Crippen LogP contribution in [0.3, 0.4) is 0 Å². The van der Waals surface area contributed by atoms with Crippen LogP contribution in [0.1, 0.15) is 23.1 Å². The average Bonchev–Trinajstić information content (AvgIpc) is 3.49. The minimum Gasteiger partial charge on any atom is -0.493 e. The van der Waals surface area contributed by atoms with E-state index in [1.54, 1.807) is 20.3 Å². The van der Waals surface area contributed by atoms with Gasteiger partial charge in [-0.15, -0.1) is 0 Å². The number of methoxy groups -OCH3 is 2.